The predicted molar refractivity (Wildman–Crippen MR) is 66.6 cm³/mol. The van der Waals surface area contributed by atoms with Crippen molar-refractivity contribution in [3.63, 3.8) is 0 Å². The molecule has 0 atom stereocenters. The minimum absolute atomic E-state index is 0.758. The highest BCUT2D eigenvalue weighted by Crippen LogP contribution is 2.10. The Bertz CT molecular complexity index is 453. The van der Waals surface area contributed by atoms with Gasteiger partial charge in [0, 0.05) is 18.1 Å². The molecular weight excluding hydrogens is 242 g/mol. The zero-order valence-corrected chi connectivity index (χ0v) is 10.5. The lowest BCUT2D eigenvalue weighted by Gasteiger charge is -2.02. The van der Waals surface area contributed by atoms with Gasteiger partial charge in [-0.15, -0.1) is 21.5 Å². The van der Waals surface area contributed by atoms with Crippen LogP contribution in [0.5, 0.6) is 0 Å². The number of hydrogen-bond donors (Lipinski definition) is 1. The van der Waals surface area contributed by atoms with Crippen molar-refractivity contribution in [2.75, 3.05) is 0 Å². The molecule has 0 radical (unpaired) electrons. The zero-order valence-electron chi connectivity index (χ0n) is 8.90. The topological polar surface area (TPSA) is 37.8 Å². The van der Waals surface area contributed by atoms with Gasteiger partial charge in [-0.3, -0.25) is 0 Å². The molecule has 0 aliphatic heterocycles. The fourth-order valence-electron chi connectivity index (χ4n) is 1.32. The van der Waals surface area contributed by atoms with Crippen LogP contribution in [-0.4, -0.2) is 10.2 Å². The summed E-state index contributed by atoms with van der Waals surface area (Å²) >= 11 is 7.43. The number of nitrogens with zero attached hydrogens (tertiary/aromatic N) is 2. The van der Waals surface area contributed by atoms with E-state index in [9.17, 15) is 0 Å². The molecular formula is C11H12ClN3S. The van der Waals surface area contributed by atoms with Gasteiger partial charge in [0.05, 0.1) is 0 Å². The summed E-state index contributed by atoms with van der Waals surface area (Å²) in [7, 11) is 0. The molecule has 0 spiro atoms. The van der Waals surface area contributed by atoms with Gasteiger partial charge in [0.15, 0.2) is 0 Å². The van der Waals surface area contributed by atoms with Crippen LogP contribution in [0.3, 0.4) is 0 Å². The first-order chi connectivity index (χ1) is 7.74. The second-order valence-corrected chi connectivity index (χ2v) is 5.15. The van der Waals surface area contributed by atoms with Crippen molar-refractivity contribution in [3.8, 4) is 0 Å². The van der Waals surface area contributed by atoms with Crippen molar-refractivity contribution in [1.82, 2.24) is 15.5 Å². The second kappa shape index (κ2) is 5.39. The molecule has 0 unspecified atom stereocenters. The Labute approximate surface area is 103 Å². The summed E-state index contributed by atoms with van der Waals surface area (Å²) < 4.78 is 0. The Hall–Kier alpha value is -0.970. The first-order valence-corrected chi connectivity index (χ1v) is 6.17. The van der Waals surface area contributed by atoms with E-state index in [2.05, 4.69) is 15.5 Å². The molecule has 1 heterocycles. The third kappa shape index (κ3) is 3.27. The molecule has 1 aromatic carbocycles. The van der Waals surface area contributed by atoms with Crippen molar-refractivity contribution in [2.24, 2.45) is 0 Å². The highest BCUT2D eigenvalue weighted by molar-refractivity contribution is 7.11. The van der Waals surface area contributed by atoms with Crippen LogP contribution in [-0.2, 0) is 13.1 Å². The fourth-order valence-corrected chi connectivity index (χ4v) is 2.13. The molecule has 1 N–H and O–H groups in total. The lowest BCUT2D eigenvalue weighted by Crippen LogP contribution is -2.12. The number of nitrogens with one attached hydrogen (secondary N) is 1. The van der Waals surface area contributed by atoms with E-state index < -0.39 is 0 Å². The van der Waals surface area contributed by atoms with Gasteiger partial charge in [-0.05, 0) is 24.6 Å². The van der Waals surface area contributed by atoms with Crippen molar-refractivity contribution in [1.29, 1.82) is 0 Å². The Kier molecular flexibility index (Phi) is 3.88. The van der Waals surface area contributed by atoms with Crippen LogP contribution < -0.4 is 5.32 Å². The van der Waals surface area contributed by atoms with Crippen molar-refractivity contribution in [2.45, 2.75) is 20.0 Å². The molecule has 5 heteroatoms. The van der Waals surface area contributed by atoms with E-state index in [1.54, 1.807) is 11.3 Å². The van der Waals surface area contributed by atoms with Gasteiger partial charge in [0.2, 0.25) is 0 Å². The Morgan fingerprint density at radius 1 is 1.19 bits per heavy atom. The average molecular weight is 254 g/mol. The summed E-state index contributed by atoms with van der Waals surface area (Å²) in [5, 5.41) is 14.1. The standard InChI is InChI=1S/C11H12ClN3S/c1-8-14-15-11(16-8)7-13-6-9-2-4-10(12)5-3-9/h2-5,13H,6-7H2,1H3. The van der Waals surface area contributed by atoms with Crippen molar-refractivity contribution >= 4 is 22.9 Å². The number of aromatic nitrogens is 2. The molecule has 0 fully saturated rings. The number of benzene rings is 1. The van der Waals surface area contributed by atoms with E-state index >= 15 is 0 Å². The van der Waals surface area contributed by atoms with E-state index in [4.69, 9.17) is 11.6 Å². The van der Waals surface area contributed by atoms with E-state index in [0.717, 1.165) is 28.1 Å². The number of aryl methyl sites for hydroxylation is 1. The number of halogens is 1. The Morgan fingerprint density at radius 2 is 1.94 bits per heavy atom. The Morgan fingerprint density at radius 3 is 2.56 bits per heavy atom. The van der Waals surface area contributed by atoms with Crippen LogP contribution in [0.15, 0.2) is 24.3 Å². The molecule has 2 aromatic rings. The summed E-state index contributed by atoms with van der Waals surface area (Å²) in [4.78, 5) is 0. The Balaban J connectivity index is 1.82. The first-order valence-electron chi connectivity index (χ1n) is 4.98. The number of rotatable bonds is 4. The molecule has 0 bridgehead atoms. The van der Waals surface area contributed by atoms with Gasteiger partial charge >= 0.3 is 0 Å². The van der Waals surface area contributed by atoms with Crippen molar-refractivity contribution in [3.05, 3.63) is 44.9 Å². The van der Waals surface area contributed by atoms with Gasteiger partial charge in [-0.1, -0.05) is 23.7 Å². The average Bonchev–Trinajstić information content (AvgIpc) is 2.67. The molecule has 1 aromatic heterocycles. The first kappa shape index (κ1) is 11.5. The van der Waals surface area contributed by atoms with E-state index in [1.807, 2.05) is 31.2 Å². The molecule has 0 aliphatic carbocycles. The maximum Gasteiger partial charge on any atom is 0.131 e. The highest BCUT2D eigenvalue weighted by Gasteiger charge is 1.99. The van der Waals surface area contributed by atoms with Gasteiger partial charge < -0.3 is 5.32 Å². The molecule has 3 nitrogen and oxygen atoms in total. The molecule has 0 saturated carbocycles. The van der Waals surface area contributed by atoms with Gasteiger partial charge in [0.1, 0.15) is 10.0 Å². The monoisotopic (exact) mass is 253 g/mol. The smallest absolute Gasteiger partial charge is 0.131 e. The van der Waals surface area contributed by atoms with Crippen LogP contribution >= 0.6 is 22.9 Å². The molecule has 0 aliphatic rings. The largest absolute Gasteiger partial charge is 0.306 e. The van der Waals surface area contributed by atoms with E-state index in [1.165, 1.54) is 5.56 Å². The quantitative estimate of drug-likeness (QED) is 0.911. The minimum Gasteiger partial charge on any atom is -0.306 e. The summed E-state index contributed by atoms with van der Waals surface area (Å²) in [5.41, 5.74) is 1.21. The molecule has 84 valence electrons. The third-order valence-electron chi connectivity index (χ3n) is 2.09. The van der Waals surface area contributed by atoms with Crippen LogP contribution in [0.4, 0.5) is 0 Å². The van der Waals surface area contributed by atoms with Gasteiger partial charge in [0.25, 0.3) is 0 Å². The zero-order chi connectivity index (χ0) is 11.4. The maximum absolute atomic E-state index is 5.81. The molecule has 2 rings (SSSR count). The summed E-state index contributed by atoms with van der Waals surface area (Å²) in [6, 6.07) is 7.82. The summed E-state index contributed by atoms with van der Waals surface area (Å²) in [6.07, 6.45) is 0. The van der Waals surface area contributed by atoms with Gasteiger partial charge in [-0.25, -0.2) is 0 Å². The highest BCUT2D eigenvalue weighted by atomic mass is 35.5. The summed E-state index contributed by atoms with van der Waals surface area (Å²) in [5.74, 6) is 0. The fraction of sp³-hybridized carbons (Fsp3) is 0.273. The SMILES string of the molecule is Cc1nnc(CNCc2ccc(Cl)cc2)s1. The second-order valence-electron chi connectivity index (χ2n) is 3.44. The molecule has 16 heavy (non-hydrogen) atoms. The maximum atomic E-state index is 5.81. The van der Waals surface area contributed by atoms with Crippen LogP contribution in [0.2, 0.25) is 5.02 Å². The molecule has 0 saturated heterocycles. The lowest BCUT2D eigenvalue weighted by molar-refractivity contribution is 0.683. The van der Waals surface area contributed by atoms with Crippen molar-refractivity contribution < 1.29 is 0 Å². The normalized spacial score (nSPS) is 10.6. The van der Waals surface area contributed by atoms with Crippen LogP contribution in [0.1, 0.15) is 15.6 Å². The lowest BCUT2D eigenvalue weighted by atomic mass is 10.2. The van der Waals surface area contributed by atoms with E-state index in [0.29, 0.717) is 0 Å². The minimum atomic E-state index is 0.758. The molecule has 0 amide bonds. The van der Waals surface area contributed by atoms with Crippen LogP contribution in [0.25, 0.3) is 0 Å². The van der Waals surface area contributed by atoms with E-state index in [-0.39, 0.29) is 0 Å². The third-order valence-corrected chi connectivity index (χ3v) is 3.18. The predicted octanol–water partition coefficient (Wildman–Crippen LogP) is 2.79. The summed E-state index contributed by atoms with van der Waals surface area (Å²) in [6.45, 7) is 3.53. The van der Waals surface area contributed by atoms with Gasteiger partial charge in [-0.2, -0.15) is 0 Å². The number of hydrogen-bond acceptors (Lipinski definition) is 4. The van der Waals surface area contributed by atoms with Crippen LogP contribution in [0, 0.1) is 6.92 Å².